The second-order valence-electron chi connectivity index (χ2n) is 4.15. The van der Waals surface area contributed by atoms with Crippen LogP contribution >= 0.6 is 22.9 Å². The van der Waals surface area contributed by atoms with Crippen LogP contribution in [0.4, 0.5) is 0 Å². The molecule has 0 aromatic carbocycles. The van der Waals surface area contributed by atoms with E-state index in [0.717, 1.165) is 36.0 Å². The van der Waals surface area contributed by atoms with E-state index in [1.165, 1.54) is 4.88 Å². The van der Waals surface area contributed by atoms with Crippen molar-refractivity contribution < 1.29 is 4.21 Å². The van der Waals surface area contributed by atoms with Crippen molar-refractivity contribution in [1.82, 2.24) is 4.90 Å². The Morgan fingerprint density at radius 2 is 2.44 bits per heavy atom. The number of nitrogens with zero attached hydrogens (tertiary/aromatic N) is 1. The third-order valence-electron chi connectivity index (χ3n) is 3.03. The average Bonchev–Trinajstić information content (AvgIpc) is 2.59. The Balaban J connectivity index is 2.03. The molecule has 1 saturated heterocycles. The third-order valence-corrected chi connectivity index (χ3v) is 5.73. The molecule has 1 aromatic rings. The van der Waals surface area contributed by atoms with Gasteiger partial charge in [-0.05, 0) is 24.8 Å². The summed E-state index contributed by atoms with van der Waals surface area (Å²) in [4.78, 5) is 3.61. The molecular weight excluding hydrogens is 262 g/mol. The second-order valence-corrected chi connectivity index (χ2v) is 7.25. The highest BCUT2D eigenvalue weighted by Gasteiger charge is 2.20. The largest absolute Gasteiger partial charge is 0.295 e. The fraction of sp³-hybridized carbons (Fsp3) is 0.636. The van der Waals surface area contributed by atoms with Gasteiger partial charge in [-0.25, -0.2) is 0 Å². The first-order valence-electron chi connectivity index (χ1n) is 5.47. The minimum atomic E-state index is -0.624. The predicted molar refractivity (Wildman–Crippen MR) is 71.7 cm³/mol. The van der Waals surface area contributed by atoms with E-state index in [1.54, 1.807) is 11.3 Å². The van der Waals surface area contributed by atoms with Crippen LogP contribution in [0.3, 0.4) is 0 Å². The highest BCUT2D eigenvalue weighted by Crippen LogP contribution is 2.25. The molecule has 0 N–H and O–H groups in total. The SMILES string of the molecule is C[C@@H]1CC[S@@](=O)CCN1Cc1sccc1Cl. The van der Waals surface area contributed by atoms with Crippen molar-refractivity contribution in [2.24, 2.45) is 0 Å². The lowest BCUT2D eigenvalue weighted by Gasteiger charge is -2.25. The summed E-state index contributed by atoms with van der Waals surface area (Å²) in [6, 6.07) is 2.45. The second kappa shape index (κ2) is 5.63. The van der Waals surface area contributed by atoms with Gasteiger partial charge >= 0.3 is 0 Å². The van der Waals surface area contributed by atoms with E-state index >= 15 is 0 Å². The molecule has 90 valence electrons. The van der Waals surface area contributed by atoms with E-state index in [1.807, 2.05) is 11.4 Å². The van der Waals surface area contributed by atoms with Gasteiger partial charge < -0.3 is 0 Å². The highest BCUT2D eigenvalue weighted by atomic mass is 35.5. The maximum Gasteiger partial charge on any atom is 0.0558 e. The van der Waals surface area contributed by atoms with Crippen molar-refractivity contribution in [1.29, 1.82) is 0 Å². The van der Waals surface area contributed by atoms with Crippen LogP contribution in [0.5, 0.6) is 0 Å². The molecule has 2 rings (SSSR count). The van der Waals surface area contributed by atoms with Gasteiger partial charge in [-0.15, -0.1) is 11.3 Å². The standard InChI is InChI=1S/C11H16ClNOS2/c1-9-3-6-16(14)7-4-13(9)8-11-10(12)2-5-15-11/h2,5,9H,3-4,6-8H2,1H3/t9-,16-/m1/s1. The molecule has 1 aromatic heterocycles. The molecular formula is C11H16ClNOS2. The Labute approximate surface area is 108 Å². The Morgan fingerprint density at radius 3 is 3.12 bits per heavy atom. The fourth-order valence-corrected chi connectivity index (χ4v) is 4.25. The molecule has 0 saturated carbocycles. The number of rotatable bonds is 2. The lowest BCUT2D eigenvalue weighted by molar-refractivity contribution is 0.214. The maximum absolute atomic E-state index is 11.5. The van der Waals surface area contributed by atoms with E-state index in [0.29, 0.717) is 6.04 Å². The van der Waals surface area contributed by atoms with Crippen molar-refractivity contribution in [2.45, 2.75) is 25.9 Å². The summed E-state index contributed by atoms with van der Waals surface area (Å²) < 4.78 is 11.5. The lowest BCUT2D eigenvalue weighted by Crippen LogP contribution is -2.33. The Hall–Kier alpha value is 0.1000. The quantitative estimate of drug-likeness (QED) is 0.829. The third kappa shape index (κ3) is 3.06. The Kier molecular flexibility index (Phi) is 4.41. The van der Waals surface area contributed by atoms with Crippen LogP contribution in [0.1, 0.15) is 18.2 Å². The molecule has 0 amide bonds. The number of hydrogen-bond donors (Lipinski definition) is 0. The first-order valence-corrected chi connectivity index (χ1v) is 8.22. The van der Waals surface area contributed by atoms with Crippen LogP contribution < -0.4 is 0 Å². The van der Waals surface area contributed by atoms with Crippen molar-refractivity contribution in [3.63, 3.8) is 0 Å². The fourth-order valence-electron chi connectivity index (χ4n) is 1.88. The molecule has 2 heterocycles. The predicted octanol–water partition coefficient (Wildman–Crippen LogP) is 2.74. The summed E-state index contributed by atoms with van der Waals surface area (Å²) in [6.45, 7) is 4.03. The minimum absolute atomic E-state index is 0.504. The topological polar surface area (TPSA) is 20.3 Å². The van der Waals surface area contributed by atoms with Gasteiger partial charge in [-0.3, -0.25) is 9.11 Å². The molecule has 5 heteroatoms. The van der Waals surface area contributed by atoms with Crippen LogP contribution in [0.2, 0.25) is 5.02 Å². The zero-order valence-corrected chi connectivity index (χ0v) is 11.7. The molecule has 1 aliphatic rings. The van der Waals surface area contributed by atoms with Gasteiger partial charge in [0, 0.05) is 46.3 Å². The van der Waals surface area contributed by atoms with Gasteiger partial charge in [-0.2, -0.15) is 0 Å². The number of halogens is 1. The lowest BCUT2D eigenvalue weighted by atomic mass is 10.2. The summed E-state index contributed by atoms with van der Waals surface area (Å²) in [7, 11) is -0.624. The molecule has 0 unspecified atom stereocenters. The Bertz CT molecular complexity index is 380. The van der Waals surface area contributed by atoms with E-state index in [2.05, 4.69) is 11.8 Å². The van der Waals surface area contributed by atoms with Gasteiger partial charge in [0.15, 0.2) is 0 Å². The van der Waals surface area contributed by atoms with Crippen LogP contribution in [0, 0.1) is 0 Å². The van der Waals surface area contributed by atoms with Crippen molar-refractivity contribution in [3.8, 4) is 0 Å². The summed E-state index contributed by atoms with van der Waals surface area (Å²) in [5, 5.41) is 2.89. The molecule has 2 atom stereocenters. The molecule has 16 heavy (non-hydrogen) atoms. The van der Waals surface area contributed by atoms with Crippen molar-refractivity contribution in [2.75, 3.05) is 18.1 Å². The van der Waals surface area contributed by atoms with E-state index in [4.69, 9.17) is 11.6 Å². The summed E-state index contributed by atoms with van der Waals surface area (Å²) in [5.74, 6) is 1.64. The molecule has 2 nitrogen and oxygen atoms in total. The monoisotopic (exact) mass is 277 g/mol. The zero-order chi connectivity index (χ0) is 11.5. The van der Waals surface area contributed by atoms with E-state index < -0.39 is 10.8 Å². The molecule has 0 radical (unpaired) electrons. The van der Waals surface area contributed by atoms with Crippen LogP contribution in [-0.4, -0.2) is 33.2 Å². The molecule has 0 bridgehead atoms. The minimum Gasteiger partial charge on any atom is -0.295 e. The van der Waals surface area contributed by atoms with Crippen LogP contribution in [-0.2, 0) is 17.3 Å². The van der Waals surface area contributed by atoms with Gasteiger partial charge in [0.2, 0.25) is 0 Å². The Morgan fingerprint density at radius 1 is 1.62 bits per heavy atom. The summed E-state index contributed by atoms with van der Waals surface area (Å²) in [6.07, 6.45) is 1.02. The van der Waals surface area contributed by atoms with Gasteiger partial charge in [-0.1, -0.05) is 11.6 Å². The first kappa shape index (κ1) is 12.6. The van der Waals surface area contributed by atoms with Gasteiger partial charge in [0.05, 0.1) is 5.02 Å². The van der Waals surface area contributed by atoms with Gasteiger partial charge in [0.25, 0.3) is 0 Å². The van der Waals surface area contributed by atoms with Gasteiger partial charge in [0.1, 0.15) is 0 Å². The maximum atomic E-state index is 11.5. The molecule has 1 fully saturated rings. The summed E-state index contributed by atoms with van der Waals surface area (Å²) in [5.41, 5.74) is 0. The zero-order valence-electron chi connectivity index (χ0n) is 9.32. The van der Waals surface area contributed by atoms with Crippen molar-refractivity contribution >= 4 is 33.7 Å². The normalized spacial score (nSPS) is 27.9. The smallest absolute Gasteiger partial charge is 0.0558 e. The number of thiophene rings is 1. The molecule has 0 aliphatic carbocycles. The van der Waals surface area contributed by atoms with Crippen molar-refractivity contribution in [3.05, 3.63) is 21.3 Å². The van der Waals surface area contributed by atoms with E-state index in [-0.39, 0.29) is 0 Å². The van der Waals surface area contributed by atoms with Crippen LogP contribution in [0.25, 0.3) is 0 Å². The molecule has 0 spiro atoms. The molecule has 1 aliphatic heterocycles. The summed E-state index contributed by atoms with van der Waals surface area (Å²) >= 11 is 7.80. The average molecular weight is 278 g/mol. The first-order chi connectivity index (χ1) is 7.66. The van der Waals surface area contributed by atoms with E-state index in [9.17, 15) is 4.21 Å². The van der Waals surface area contributed by atoms with Crippen LogP contribution in [0.15, 0.2) is 11.4 Å². The number of hydrogen-bond acceptors (Lipinski definition) is 3. The highest BCUT2D eigenvalue weighted by molar-refractivity contribution is 7.85.